The van der Waals surface area contributed by atoms with Gasteiger partial charge < -0.3 is 10.6 Å². The first kappa shape index (κ1) is 13.8. The number of halogens is 1. The summed E-state index contributed by atoms with van der Waals surface area (Å²) in [5.41, 5.74) is 3.52. The third-order valence-electron chi connectivity index (χ3n) is 3.36. The second-order valence-corrected chi connectivity index (χ2v) is 6.28. The van der Waals surface area contributed by atoms with Crippen LogP contribution in [0.4, 0.5) is 5.69 Å². The van der Waals surface area contributed by atoms with Crippen LogP contribution in [0.1, 0.15) is 36.8 Å². The molecule has 1 aliphatic carbocycles. The molecule has 0 radical (unpaired) electrons. The SMILES string of the molecule is Cc1cc(C)c(NC(=S)NC2CCCC2)c(Br)c1. The monoisotopic (exact) mass is 326 g/mol. The quantitative estimate of drug-likeness (QED) is 0.792. The largest absolute Gasteiger partial charge is 0.360 e. The van der Waals surface area contributed by atoms with Crippen molar-refractivity contribution in [2.24, 2.45) is 0 Å². The molecule has 0 unspecified atom stereocenters. The molecule has 2 N–H and O–H groups in total. The van der Waals surface area contributed by atoms with Crippen molar-refractivity contribution in [2.75, 3.05) is 5.32 Å². The molecule has 0 saturated heterocycles. The molecule has 0 atom stereocenters. The molecule has 1 aromatic carbocycles. The molecule has 0 bridgehead atoms. The van der Waals surface area contributed by atoms with Gasteiger partial charge >= 0.3 is 0 Å². The molecule has 18 heavy (non-hydrogen) atoms. The maximum Gasteiger partial charge on any atom is 0.171 e. The molecule has 1 fully saturated rings. The molecule has 0 heterocycles. The van der Waals surface area contributed by atoms with E-state index in [1.807, 2.05) is 0 Å². The van der Waals surface area contributed by atoms with Crippen molar-refractivity contribution < 1.29 is 0 Å². The third-order valence-corrected chi connectivity index (χ3v) is 4.21. The van der Waals surface area contributed by atoms with Gasteiger partial charge in [0.05, 0.1) is 5.69 Å². The molecule has 98 valence electrons. The van der Waals surface area contributed by atoms with E-state index in [0.29, 0.717) is 6.04 Å². The average Bonchev–Trinajstić information content (AvgIpc) is 2.76. The maximum absolute atomic E-state index is 5.38. The number of nitrogens with one attached hydrogen (secondary N) is 2. The van der Waals surface area contributed by atoms with Crippen LogP contribution in [0, 0.1) is 13.8 Å². The molecule has 0 spiro atoms. The van der Waals surface area contributed by atoms with Crippen molar-refractivity contribution in [1.29, 1.82) is 0 Å². The molecular weight excluding hydrogens is 308 g/mol. The lowest BCUT2D eigenvalue weighted by molar-refractivity contribution is 0.634. The van der Waals surface area contributed by atoms with Crippen molar-refractivity contribution >= 4 is 38.9 Å². The van der Waals surface area contributed by atoms with Crippen LogP contribution in [-0.2, 0) is 0 Å². The first-order valence-electron chi connectivity index (χ1n) is 6.40. The van der Waals surface area contributed by atoms with Gasteiger partial charge in [-0.05, 0) is 72.0 Å². The minimum atomic E-state index is 0.550. The maximum atomic E-state index is 5.38. The minimum Gasteiger partial charge on any atom is -0.360 e. The lowest BCUT2D eigenvalue weighted by Gasteiger charge is -2.18. The van der Waals surface area contributed by atoms with Gasteiger partial charge in [-0.25, -0.2) is 0 Å². The van der Waals surface area contributed by atoms with Crippen LogP contribution in [0.5, 0.6) is 0 Å². The predicted octanol–water partition coefficient (Wildman–Crippen LogP) is 4.29. The van der Waals surface area contributed by atoms with Crippen molar-refractivity contribution in [1.82, 2.24) is 5.32 Å². The van der Waals surface area contributed by atoms with Gasteiger partial charge in [-0.1, -0.05) is 18.9 Å². The molecule has 1 saturated carbocycles. The van der Waals surface area contributed by atoms with Crippen molar-refractivity contribution in [3.63, 3.8) is 0 Å². The Morgan fingerprint density at radius 2 is 1.94 bits per heavy atom. The first-order valence-corrected chi connectivity index (χ1v) is 7.60. The Kier molecular flexibility index (Phi) is 4.62. The Morgan fingerprint density at radius 1 is 1.28 bits per heavy atom. The fourth-order valence-electron chi connectivity index (χ4n) is 2.48. The molecule has 1 aliphatic rings. The van der Waals surface area contributed by atoms with Gasteiger partial charge in [0.15, 0.2) is 5.11 Å². The van der Waals surface area contributed by atoms with Gasteiger partial charge in [0.25, 0.3) is 0 Å². The van der Waals surface area contributed by atoms with Crippen LogP contribution < -0.4 is 10.6 Å². The highest BCUT2D eigenvalue weighted by molar-refractivity contribution is 9.10. The minimum absolute atomic E-state index is 0.550. The van der Waals surface area contributed by atoms with Crippen LogP contribution in [0.2, 0.25) is 0 Å². The highest BCUT2D eigenvalue weighted by atomic mass is 79.9. The number of hydrogen-bond donors (Lipinski definition) is 2. The summed E-state index contributed by atoms with van der Waals surface area (Å²) in [5.74, 6) is 0. The van der Waals surface area contributed by atoms with E-state index in [1.165, 1.54) is 36.8 Å². The second-order valence-electron chi connectivity index (χ2n) is 5.02. The van der Waals surface area contributed by atoms with Crippen molar-refractivity contribution in [3.8, 4) is 0 Å². The zero-order valence-corrected chi connectivity index (χ0v) is 13.2. The Hall–Kier alpha value is -0.610. The third kappa shape index (κ3) is 3.45. The molecule has 0 aliphatic heterocycles. The number of thiocarbonyl (C=S) groups is 1. The summed E-state index contributed by atoms with van der Waals surface area (Å²) in [7, 11) is 0. The van der Waals surface area contributed by atoms with Crippen molar-refractivity contribution in [2.45, 2.75) is 45.6 Å². The zero-order chi connectivity index (χ0) is 13.1. The van der Waals surface area contributed by atoms with Crippen LogP contribution in [0.25, 0.3) is 0 Å². The topological polar surface area (TPSA) is 24.1 Å². The fourth-order valence-corrected chi connectivity index (χ4v) is 3.52. The molecule has 2 rings (SSSR count). The molecular formula is C14H19BrN2S. The molecule has 2 nitrogen and oxygen atoms in total. The van der Waals surface area contributed by atoms with Crippen LogP contribution in [0.3, 0.4) is 0 Å². The van der Waals surface area contributed by atoms with E-state index in [9.17, 15) is 0 Å². The second kappa shape index (κ2) is 6.02. The van der Waals surface area contributed by atoms with E-state index in [1.54, 1.807) is 0 Å². The molecule has 0 amide bonds. The van der Waals surface area contributed by atoms with Crippen molar-refractivity contribution in [3.05, 3.63) is 27.7 Å². The van der Waals surface area contributed by atoms with Gasteiger partial charge in [0.2, 0.25) is 0 Å². The number of benzene rings is 1. The van der Waals surface area contributed by atoms with Gasteiger partial charge in [0.1, 0.15) is 0 Å². The smallest absolute Gasteiger partial charge is 0.171 e. The summed E-state index contributed by atoms with van der Waals surface area (Å²) in [6, 6.07) is 4.81. The van der Waals surface area contributed by atoms with E-state index in [-0.39, 0.29) is 0 Å². The Morgan fingerprint density at radius 3 is 2.56 bits per heavy atom. The van der Waals surface area contributed by atoms with Crippen LogP contribution in [0.15, 0.2) is 16.6 Å². The average molecular weight is 327 g/mol. The Bertz CT molecular complexity index is 430. The van der Waals surface area contributed by atoms with Crippen LogP contribution in [-0.4, -0.2) is 11.2 Å². The van der Waals surface area contributed by atoms with E-state index >= 15 is 0 Å². The number of hydrogen-bond acceptors (Lipinski definition) is 1. The van der Waals surface area contributed by atoms with E-state index < -0.39 is 0 Å². The number of rotatable bonds is 2. The standard InChI is InChI=1S/C14H19BrN2S/c1-9-7-10(2)13(12(15)8-9)17-14(18)16-11-5-3-4-6-11/h7-8,11H,3-6H2,1-2H3,(H2,16,17,18). The fraction of sp³-hybridized carbons (Fsp3) is 0.500. The lowest BCUT2D eigenvalue weighted by Crippen LogP contribution is -2.36. The van der Waals surface area contributed by atoms with Gasteiger partial charge in [-0.3, -0.25) is 0 Å². The number of aryl methyl sites for hydroxylation is 2. The van der Waals surface area contributed by atoms with E-state index in [4.69, 9.17) is 12.2 Å². The highest BCUT2D eigenvalue weighted by Gasteiger charge is 2.16. The highest BCUT2D eigenvalue weighted by Crippen LogP contribution is 2.28. The van der Waals surface area contributed by atoms with Gasteiger partial charge in [-0.2, -0.15) is 0 Å². The molecule has 1 aromatic rings. The van der Waals surface area contributed by atoms with E-state index in [2.05, 4.69) is 52.5 Å². The predicted molar refractivity (Wildman–Crippen MR) is 85.2 cm³/mol. The Balaban J connectivity index is 2.02. The molecule has 4 heteroatoms. The number of anilines is 1. The van der Waals surface area contributed by atoms with Gasteiger partial charge in [0, 0.05) is 10.5 Å². The summed E-state index contributed by atoms with van der Waals surface area (Å²) in [4.78, 5) is 0. The Labute approximate surface area is 123 Å². The zero-order valence-electron chi connectivity index (χ0n) is 10.8. The van der Waals surface area contributed by atoms with E-state index in [0.717, 1.165) is 15.3 Å². The summed E-state index contributed by atoms with van der Waals surface area (Å²) in [6.07, 6.45) is 5.09. The summed E-state index contributed by atoms with van der Waals surface area (Å²) in [6.45, 7) is 4.19. The summed E-state index contributed by atoms with van der Waals surface area (Å²) >= 11 is 8.97. The first-order chi connectivity index (χ1) is 8.56. The summed E-state index contributed by atoms with van der Waals surface area (Å²) < 4.78 is 1.07. The molecule has 0 aromatic heterocycles. The van der Waals surface area contributed by atoms with Gasteiger partial charge in [-0.15, -0.1) is 0 Å². The normalized spacial score (nSPS) is 15.7. The lowest BCUT2D eigenvalue weighted by atomic mass is 10.1. The summed E-state index contributed by atoms with van der Waals surface area (Å²) in [5, 5.41) is 7.43. The van der Waals surface area contributed by atoms with Crippen LogP contribution >= 0.6 is 28.1 Å².